The second-order valence-corrected chi connectivity index (χ2v) is 4.33. The highest BCUT2D eigenvalue weighted by Crippen LogP contribution is 2.18. The summed E-state index contributed by atoms with van der Waals surface area (Å²) in [5.41, 5.74) is 0.966. The summed E-state index contributed by atoms with van der Waals surface area (Å²) in [7, 11) is 0. The van der Waals surface area contributed by atoms with E-state index >= 15 is 0 Å². The van der Waals surface area contributed by atoms with Gasteiger partial charge in [-0.1, -0.05) is 30.3 Å². The maximum atomic E-state index is 11.8. The van der Waals surface area contributed by atoms with E-state index in [9.17, 15) is 9.90 Å². The van der Waals surface area contributed by atoms with E-state index in [0.717, 1.165) is 5.56 Å². The first-order valence-corrected chi connectivity index (χ1v) is 5.84. The normalized spacial score (nSPS) is 23.8. The molecular weight excluding hydrogens is 218 g/mol. The van der Waals surface area contributed by atoms with Crippen molar-refractivity contribution in [3.05, 3.63) is 35.9 Å². The first-order valence-electron chi connectivity index (χ1n) is 5.84. The van der Waals surface area contributed by atoms with Crippen molar-refractivity contribution in [2.45, 2.75) is 32.1 Å². The lowest BCUT2D eigenvalue weighted by Crippen LogP contribution is -2.37. The number of hydrogen-bond acceptors (Lipinski definition) is 3. The zero-order valence-corrected chi connectivity index (χ0v) is 9.87. The van der Waals surface area contributed by atoms with Crippen molar-refractivity contribution in [1.29, 1.82) is 0 Å². The molecular formula is C13H17NO3. The second-order valence-electron chi connectivity index (χ2n) is 4.33. The van der Waals surface area contributed by atoms with Gasteiger partial charge in [0.2, 0.25) is 0 Å². The van der Waals surface area contributed by atoms with Gasteiger partial charge in [-0.3, -0.25) is 0 Å². The lowest BCUT2D eigenvalue weighted by Gasteiger charge is -2.21. The molecule has 1 aromatic carbocycles. The molecule has 0 saturated carbocycles. The Morgan fingerprint density at radius 2 is 2.18 bits per heavy atom. The largest absolute Gasteiger partial charge is 0.445 e. The van der Waals surface area contributed by atoms with Crippen molar-refractivity contribution >= 4 is 6.09 Å². The summed E-state index contributed by atoms with van der Waals surface area (Å²) in [6.45, 7) is 2.68. The molecule has 92 valence electrons. The number of aliphatic hydroxyl groups excluding tert-OH is 1. The van der Waals surface area contributed by atoms with Crippen molar-refractivity contribution in [2.75, 3.05) is 6.54 Å². The number of ether oxygens (including phenoxy) is 1. The van der Waals surface area contributed by atoms with E-state index in [4.69, 9.17) is 4.74 Å². The maximum absolute atomic E-state index is 11.8. The predicted molar refractivity (Wildman–Crippen MR) is 63.4 cm³/mol. The summed E-state index contributed by atoms with van der Waals surface area (Å²) < 4.78 is 5.21. The van der Waals surface area contributed by atoms with Crippen molar-refractivity contribution in [1.82, 2.24) is 4.90 Å². The number of carbonyl (C=O) groups is 1. The minimum atomic E-state index is -0.431. The molecule has 4 nitrogen and oxygen atoms in total. The van der Waals surface area contributed by atoms with Crippen LogP contribution >= 0.6 is 0 Å². The van der Waals surface area contributed by atoms with Gasteiger partial charge in [-0.05, 0) is 18.9 Å². The average Bonchev–Trinajstić information content (AvgIpc) is 2.69. The molecule has 1 aliphatic rings. The second kappa shape index (κ2) is 5.19. The van der Waals surface area contributed by atoms with Gasteiger partial charge in [0.25, 0.3) is 0 Å². The number of rotatable bonds is 2. The minimum absolute atomic E-state index is 0.154. The van der Waals surface area contributed by atoms with Gasteiger partial charge < -0.3 is 14.7 Å². The molecule has 0 radical (unpaired) electrons. The van der Waals surface area contributed by atoms with Crippen LogP contribution in [0.1, 0.15) is 18.9 Å². The fraction of sp³-hybridized carbons (Fsp3) is 0.462. The van der Waals surface area contributed by atoms with Crippen molar-refractivity contribution in [3.63, 3.8) is 0 Å². The molecule has 0 spiro atoms. The van der Waals surface area contributed by atoms with Crippen molar-refractivity contribution in [2.24, 2.45) is 0 Å². The van der Waals surface area contributed by atoms with Gasteiger partial charge in [0, 0.05) is 6.54 Å². The van der Waals surface area contributed by atoms with Gasteiger partial charge in [-0.2, -0.15) is 0 Å². The van der Waals surface area contributed by atoms with Crippen molar-refractivity contribution in [3.8, 4) is 0 Å². The van der Waals surface area contributed by atoms with Gasteiger partial charge in [-0.25, -0.2) is 4.79 Å². The molecule has 0 aliphatic carbocycles. The van der Waals surface area contributed by atoms with Crippen LogP contribution < -0.4 is 0 Å². The highest BCUT2D eigenvalue weighted by atomic mass is 16.6. The lowest BCUT2D eigenvalue weighted by atomic mass is 10.2. The topological polar surface area (TPSA) is 49.8 Å². The SMILES string of the molecule is CC1C(O)CCN1C(=O)OCc1ccccc1. The third-order valence-electron chi connectivity index (χ3n) is 3.15. The Balaban J connectivity index is 1.86. The van der Waals surface area contributed by atoms with E-state index in [0.29, 0.717) is 13.0 Å². The summed E-state index contributed by atoms with van der Waals surface area (Å²) in [4.78, 5) is 13.3. The third-order valence-corrected chi connectivity index (χ3v) is 3.15. The first kappa shape index (κ1) is 11.9. The van der Waals surface area contributed by atoms with Crippen LogP contribution in [0.3, 0.4) is 0 Å². The Morgan fingerprint density at radius 3 is 2.76 bits per heavy atom. The van der Waals surface area contributed by atoms with Crippen molar-refractivity contribution < 1.29 is 14.6 Å². The molecule has 17 heavy (non-hydrogen) atoms. The Morgan fingerprint density at radius 1 is 1.47 bits per heavy atom. The van der Waals surface area contributed by atoms with E-state index in [-0.39, 0.29) is 18.7 Å². The molecule has 1 fully saturated rings. The van der Waals surface area contributed by atoms with Gasteiger partial charge in [-0.15, -0.1) is 0 Å². The molecule has 1 heterocycles. The standard InChI is InChI=1S/C13H17NO3/c1-10-12(15)7-8-14(10)13(16)17-9-11-5-3-2-4-6-11/h2-6,10,12,15H,7-9H2,1H3. The Kier molecular flexibility index (Phi) is 3.64. The number of hydrogen-bond donors (Lipinski definition) is 1. The summed E-state index contributed by atoms with van der Waals surface area (Å²) in [6.07, 6.45) is -0.154. The van der Waals surface area contributed by atoms with Crippen LogP contribution in [0.25, 0.3) is 0 Å². The van der Waals surface area contributed by atoms with Gasteiger partial charge in [0.1, 0.15) is 6.61 Å². The summed E-state index contributed by atoms with van der Waals surface area (Å²) in [5.74, 6) is 0. The van der Waals surface area contributed by atoms with Gasteiger partial charge >= 0.3 is 6.09 Å². The predicted octanol–water partition coefficient (Wildman–Crippen LogP) is 1.78. The highest BCUT2D eigenvalue weighted by Gasteiger charge is 2.33. The highest BCUT2D eigenvalue weighted by molar-refractivity contribution is 5.68. The quantitative estimate of drug-likeness (QED) is 0.850. The molecule has 2 unspecified atom stereocenters. The molecule has 0 bridgehead atoms. The van der Waals surface area contributed by atoms with E-state index in [1.54, 1.807) is 4.90 Å². The fourth-order valence-corrected chi connectivity index (χ4v) is 1.98. The molecule has 4 heteroatoms. The molecule has 1 saturated heterocycles. The summed E-state index contributed by atoms with van der Waals surface area (Å²) in [5, 5.41) is 9.55. The zero-order chi connectivity index (χ0) is 12.3. The maximum Gasteiger partial charge on any atom is 0.410 e. The number of likely N-dealkylation sites (tertiary alicyclic amines) is 1. The molecule has 1 aromatic rings. The Labute approximate surface area is 101 Å². The van der Waals surface area contributed by atoms with Crippen LogP contribution in [0.15, 0.2) is 30.3 Å². The van der Waals surface area contributed by atoms with Crippen LogP contribution in [0, 0.1) is 0 Å². The van der Waals surface area contributed by atoms with E-state index in [1.165, 1.54) is 0 Å². The van der Waals surface area contributed by atoms with Crippen LogP contribution in [0.4, 0.5) is 4.79 Å². The van der Waals surface area contributed by atoms with E-state index in [1.807, 2.05) is 37.3 Å². The molecule has 2 rings (SSSR count). The molecule has 2 atom stereocenters. The molecule has 1 N–H and O–H groups in total. The van der Waals surface area contributed by atoms with Crippen LogP contribution in [-0.4, -0.2) is 34.8 Å². The van der Waals surface area contributed by atoms with Gasteiger partial charge in [0.15, 0.2) is 0 Å². The average molecular weight is 235 g/mol. The summed E-state index contributed by atoms with van der Waals surface area (Å²) in [6, 6.07) is 9.41. The van der Waals surface area contributed by atoms with Crippen LogP contribution in [0.2, 0.25) is 0 Å². The zero-order valence-electron chi connectivity index (χ0n) is 9.87. The Hall–Kier alpha value is -1.55. The first-order chi connectivity index (χ1) is 8.18. The molecule has 1 aliphatic heterocycles. The summed E-state index contributed by atoms with van der Waals surface area (Å²) >= 11 is 0. The monoisotopic (exact) mass is 235 g/mol. The lowest BCUT2D eigenvalue weighted by molar-refractivity contribution is 0.0768. The number of amides is 1. The fourth-order valence-electron chi connectivity index (χ4n) is 1.98. The smallest absolute Gasteiger partial charge is 0.410 e. The number of carbonyl (C=O) groups excluding carboxylic acids is 1. The van der Waals surface area contributed by atoms with Crippen LogP contribution in [0.5, 0.6) is 0 Å². The van der Waals surface area contributed by atoms with Crippen LogP contribution in [-0.2, 0) is 11.3 Å². The van der Waals surface area contributed by atoms with Gasteiger partial charge in [0.05, 0.1) is 12.1 Å². The number of nitrogens with zero attached hydrogens (tertiary/aromatic N) is 1. The van der Waals surface area contributed by atoms with E-state index < -0.39 is 6.10 Å². The third kappa shape index (κ3) is 2.77. The number of aliphatic hydroxyl groups is 1. The van der Waals surface area contributed by atoms with E-state index in [2.05, 4.69) is 0 Å². The minimum Gasteiger partial charge on any atom is -0.445 e. The number of benzene rings is 1. The molecule has 1 amide bonds. The Bertz CT molecular complexity index is 380. The molecule has 0 aromatic heterocycles.